The highest BCUT2D eigenvalue weighted by Gasteiger charge is 2.22. The van der Waals surface area contributed by atoms with Gasteiger partial charge in [-0.1, -0.05) is 59.6 Å². The summed E-state index contributed by atoms with van der Waals surface area (Å²) < 4.78 is 0. The lowest BCUT2D eigenvalue weighted by Gasteiger charge is -2.33. The van der Waals surface area contributed by atoms with Gasteiger partial charge >= 0.3 is 6.09 Å². The number of hydrogen-bond acceptors (Lipinski definition) is 2. The maximum atomic E-state index is 11.0. The molecule has 0 spiro atoms. The van der Waals surface area contributed by atoms with Crippen molar-refractivity contribution in [1.82, 2.24) is 10.2 Å². The van der Waals surface area contributed by atoms with Crippen LogP contribution in [-0.4, -0.2) is 42.3 Å². The fraction of sp³-hybridized carbons (Fsp3) is 0.409. The molecule has 1 amide bonds. The minimum absolute atomic E-state index is 0.0673. The van der Waals surface area contributed by atoms with Crippen molar-refractivity contribution in [3.8, 4) is 0 Å². The summed E-state index contributed by atoms with van der Waals surface area (Å²) >= 11 is 12.2. The molecule has 1 saturated heterocycles. The Hall–Kier alpha value is -1.75. The van der Waals surface area contributed by atoms with E-state index in [0.717, 1.165) is 44.5 Å². The zero-order chi connectivity index (χ0) is 19.9. The highest BCUT2D eigenvalue weighted by atomic mass is 35.5. The molecule has 6 heteroatoms. The summed E-state index contributed by atoms with van der Waals surface area (Å²) in [6.07, 6.45) is 2.19. The maximum Gasteiger partial charge on any atom is 0.404 e. The number of hydrogen-bond donors (Lipinski definition) is 2. The van der Waals surface area contributed by atoms with E-state index < -0.39 is 6.09 Å². The SMILES string of the molecule is O=C(O)NCC(CCN1CCC(c2ccccc2)CC1)c1ccc(Cl)c(Cl)c1. The largest absolute Gasteiger partial charge is 0.465 e. The summed E-state index contributed by atoms with van der Waals surface area (Å²) in [6.45, 7) is 3.45. The summed E-state index contributed by atoms with van der Waals surface area (Å²) in [7, 11) is 0. The standard InChI is InChI=1S/C22H26Cl2N2O2/c23-20-7-6-18(14-21(20)24)19(15-25-22(27)28)10-13-26-11-8-17(9-12-26)16-4-2-1-3-5-16/h1-7,14,17,19,25H,8-13,15H2,(H,27,28). The van der Waals surface area contributed by atoms with Crippen molar-refractivity contribution in [1.29, 1.82) is 0 Å². The molecule has 0 saturated carbocycles. The molecule has 1 unspecified atom stereocenters. The molecular weight excluding hydrogens is 395 g/mol. The van der Waals surface area contributed by atoms with Crippen LogP contribution in [0.4, 0.5) is 4.79 Å². The molecule has 0 aliphatic carbocycles. The molecule has 0 radical (unpaired) electrons. The van der Waals surface area contributed by atoms with Crippen molar-refractivity contribution in [2.75, 3.05) is 26.2 Å². The van der Waals surface area contributed by atoms with Crippen molar-refractivity contribution >= 4 is 29.3 Å². The number of carbonyl (C=O) groups is 1. The lowest BCUT2D eigenvalue weighted by molar-refractivity contribution is 0.190. The van der Waals surface area contributed by atoms with Gasteiger partial charge in [0.25, 0.3) is 0 Å². The van der Waals surface area contributed by atoms with E-state index in [1.54, 1.807) is 6.07 Å². The number of carboxylic acid groups (broad SMARTS) is 1. The van der Waals surface area contributed by atoms with Crippen molar-refractivity contribution < 1.29 is 9.90 Å². The van der Waals surface area contributed by atoms with Crippen LogP contribution < -0.4 is 5.32 Å². The second kappa shape index (κ2) is 10.1. The minimum atomic E-state index is -1.01. The summed E-state index contributed by atoms with van der Waals surface area (Å²) in [5.41, 5.74) is 2.45. The van der Waals surface area contributed by atoms with E-state index in [1.165, 1.54) is 5.56 Å². The molecule has 1 aliphatic heterocycles. The molecule has 150 valence electrons. The molecule has 2 N–H and O–H groups in total. The lowest BCUT2D eigenvalue weighted by atomic mass is 9.89. The number of amides is 1. The Bertz CT molecular complexity index is 777. The van der Waals surface area contributed by atoms with Gasteiger partial charge in [-0.05, 0) is 68.1 Å². The number of rotatable bonds is 7. The molecule has 2 aromatic rings. The number of halogens is 2. The molecule has 1 fully saturated rings. The summed E-state index contributed by atoms with van der Waals surface area (Å²) in [4.78, 5) is 13.4. The molecule has 0 aromatic heterocycles. The Labute approximate surface area is 176 Å². The molecule has 4 nitrogen and oxygen atoms in total. The Morgan fingerprint density at radius 1 is 1.11 bits per heavy atom. The number of piperidine rings is 1. The maximum absolute atomic E-state index is 11.0. The Kier molecular flexibility index (Phi) is 7.60. The first-order valence-electron chi connectivity index (χ1n) is 9.72. The van der Waals surface area contributed by atoms with Gasteiger partial charge in [-0.25, -0.2) is 4.79 Å². The van der Waals surface area contributed by atoms with Gasteiger partial charge in [-0.15, -0.1) is 0 Å². The molecule has 0 bridgehead atoms. The van der Waals surface area contributed by atoms with Gasteiger partial charge in [-0.3, -0.25) is 0 Å². The van der Waals surface area contributed by atoms with E-state index in [1.807, 2.05) is 12.1 Å². The van der Waals surface area contributed by atoms with E-state index in [0.29, 0.717) is 22.5 Å². The number of nitrogens with one attached hydrogen (secondary N) is 1. The second-order valence-electron chi connectivity index (χ2n) is 7.37. The van der Waals surface area contributed by atoms with E-state index >= 15 is 0 Å². The van der Waals surface area contributed by atoms with E-state index in [-0.39, 0.29) is 5.92 Å². The van der Waals surface area contributed by atoms with Crippen LogP contribution in [0.15, 0.2) is 48.5 Å². The van der Waals surface area contributed by atoms with E-state index in [9.17, 15) is 4.79 Å². The fourth-order valence-electron chi connectivity index (χ4n) is 3.92. The van der Waals surface area contributed by atoms with Crippen molar-refractivity contribution in [3.05, 3.63) is 69.7 Å². The van der Waals surface area contributed by atoms with Crippen molar-refractivity contribution in [3.63, 3.8) is 0 Å². The van der Waals surface area contributed by atoms with E-state index in [4.69, 9.17) is 28.3 Å². The summed E-state index contributed by atoms with van der Waals surface area (Å²) in [5.74, 6) is 0.703. The third kappa shape index (κ3) is 5.87. The quantitative estimate of drug-likeness (QED) is 0.611. The smallest absolute Gasteiger partial charge is 0.404 e. The van der Waals surface area contributed by atoms with Crippen LogP contribution in [0.5, 0.6) is 0 Å². The Morgan fingerprint density at radius 3 is 2.46 bits per heavy atom. The third-order valence-electron chi connectivity index (χ3n) is 5.57. The number of likely N-dealkylation sites (tertiary alicyclic amines) is 1. The van der Waals surface area contributed by atoms with Crippen LogP contribution in [0.25, 0.3) is 0 Å². The predicted octanol–water partition coefficient (Wildman–Crippen LogP) is 5.61. The molecule has 2 aromatic carbocycles. The van der Waals surface area contributed by atoms with Gasteiger partial charge in [-0.2, -0.15) is 0 Å². The van der Waals surface area contributed by atoms with Gasteiger partial charge in [0.15, 0.2) is 0 Å². The van der Waals surface area contributed by atoms with Gasteiger partial charge < -0.3 is 15.3 Å². The highest BCUT2D eigenvalue weighted by Crippen LogP contribution is 2.30. The highest BCUT2D eigenvalue weighted by molar-refractivity contribution is 6.42. The van der Waals surface area contributed by atoms with Crippen LogP contribution in [0, 0.1) is 0 Å². The molecular formula is C22H26Cl2N2O2. The van der Waals surface area contributed by atoms with Gasteiger partial charge in [0.05, 0.1) is 10.0 Å². The van der Waals surface area contributed by atoms with Gasteiger partial charge in [0.1, 0.15) is 0 Å². The monoisotopic (exact) mass is 420 g/mol. The molecule has 1 aliphatic rings. The van der Waals surface area contributed by atoms with Crippen LogP contribution in [0.1, 0.15) is 42.2 Å². The third-order valence-corrected chi connectivity index (χ3v) is 6.31. The molecule has 1 heterocycles. The van der Waals surface area contributed by atoms with Crippen LogP contribution in [0.3, 0.4) is 0 Å². The average molecular weight is 421 g/mol. The average Bonchev–Trinajstić information content (AvgIpc) is 2.71. The van der Waals surface area contributed by atoms with Crippen LogP contribution in [-0.2, 0) is 0 Å². The number of nitrogens with zero attached hydrogens (tertiary/aromatic N) is 1. The van der Waals surface area contributed by atoms with Crippen molar-refractivity contribution in [2.45, 2.75) is 31.1 Å². The zero-order valence-electron chi connectivity index (χ0n) is 15.8. The van der Waals surface area contributed by atoms with Crippen LogP contribution >= 0.6 is 23.2 Å². The Morgan fingerprint density at radius 2 is 1.82 bits per heavy atom. The second-order valence-corrected chi connectivity index (χ2v) is 8.19. The number of benzene rings is 2. The van der Waals surface area contributed by atoms with Gasteiger partial charge in [0.2, 0.25) is 0 Å². The van der Waals surface area contributed by atoms with Crippen molar-refractivity contribution in [2.24, 2.45) is 0 Å². The molecule has 3 rings (SSSR count). The van der Waals surface area contributed by atoms with E-state index in [2.05, 4.69) is 40.5 Å². The predicted molar refractivity (Wildman–Crippen MR) is 115 cm³/mol. The first-order chi connectivity index (χ1) is 13.5. The lowest BCUT2D eigenvalue weighted by Crippen LogP contribution is -2.35. The zero-order valence-corrected chi connectivity index (χ0v) is 17.3. The summed E-state index contributed by atoms with van der Waals surface area (Å²) in [6, 6.07) is 16.3. The first-order valence-corrected chi connectivity index (χ1v) is 10.5. The first kappa shape index (κ1) is 21.0. The van der Waals surface area contributed by atoms with Crippen LogP contribution in [0.2, 0.25) is 10.0 Å². The summed E-state index contributed by atoms with van der Waals surface area (Å²) in [5, 5.41) is 12.5. The molecule has 28 heavy (non-hydrogen) atoms. The minimum Gasteiger partial charge on any atom is -0.465 e. The fourth-order valence-corrected chi connectivity index (χ4v) is 4.22. The topological polar surface area (TPSA) is 52.6 Å². The van der Waals surface area contributed by atoms with Gasteiger partial charge in [0, 0.05) is 12.5 Å². The Balaban J connectivity index is 1.56. The normalized spacial score (nSPS) is 16.6. The molecule has 1 atom stereocenters.